The topological polar surface area (TPSA) is 167 Å². The van der Waals surface area contributed by atoms with Crippen LogP contribution in [0.5, 0.6) is 0 Å². The van der Waals surface area contributed by atoms with Crippen molar-refractivity contribution in [2.24, 2.45) is 5.92 Å². The largest absolute Gasteiger partial charge is 0.481 e. The number of nitrogens with two attached hydrogens (primary N) is 1. The first-order chi connectivity index (χ1) is 24.1. The summed E-state index contributed by atoms with van der Waals surface area (Å²) in [6, 6.07) is 2.02. The molecule has 0 radical (unpaired) electrons. The molecule has 1 saturated heterocycles. The van der Waals surface area contributed by atoms with E-state index in [0.29, 0.717) is 50.3 Å². The molecule has 3 aliphatic rings. The van der Waals surface area contributed by atoms with Crippen molar-refractivity contribution in [1.29, 1.82) is 0 Å². The molecule has 4 rings (SSSR count). The number of piperazine rings is 1. The van der Waals surface area contributed by atoms with Crippen LogP contribution in [0.4, 0.5) is 27.2 Å². The van der Waals surface area contributed by atoms with Crippen molar-refractivity contribution < 1.29 is 29.0 Å². The highest BCUT2D eigenvalue weighted by Crippen LogP contribution is 2.30. The summed E-state index contributed by atoms with van der Waals surface area (Å²) in [4.78, 5) is 55.1. The van der Waals surface area contributed by atoms with Crippen LogP contribution < -0.4 is 16.0 Å². The van der Waals surface area contributed by atoms with Gasteiger partial charge in [0.1, 0.15) is 22.8 Å². The molecular formula is C37H64N8O6. The molecule has 1 aromatic heterocycles. The van der Waals surface area contributed by atoms with E-state index in [4.69, 9.17) is 25.3 Å². The molecule has 51 heavy (non-hydrogen) atoms. The maximum absolute atomic E-state index is 13.5. The van der Waals surface area contributed by atoms with Gasteiger partial charge in [0.25, 0.3) is 0 Å². The van der Waals surface area contributed by atoms with Crippen LogP contribution in [0.3, 0.4) is 0 Å². The summed E-state index contributed by atoms with van der Waals surface area (Å²) < 4.78 is 11.7. The number of amides is 2. The van der Waals surface area contributed by atoms with Crippen LogP contribution in [0.15, 0.2) is 6.07 Å². The van der Waals surface area contributed by atoms with Gasteiger partial charge in [-0.1, -0.05) is 19.3 Å². The van der Waals surface area contributed by atoms with Crippen LogP contribution in [-0.4, -0.2) is 124 Å². The number of ether oxygens (including phenoxy) is 2. The maximum Gasteiger partial charge on any atom is 0.410 e. The molecular weight excluding hydrogens is 652 g/mol. The molecule has 2 heterocycles. The highest BCUT2D eigenvalue weighted by molar-refractivity contribution is 5.69. The predicted molar refractivity (Wildman–Crippen MR) is 199 cm³/mol. The Hall–Kier alpha value is -3.55. The third-order valence-electron chi connectivity index (χ3n) is 9.95. The van der Waals surface area contributed by atoms with Gasteiger partial charge in [-0.2, -0.15) is 9.97 Å². The standard InChI is InChI=1S/C37H64N8O6/c1-36(2,3)50-34(48)44(28-11-8-7-9-12-28)18-10-19-45(35(49)51-37(4,5)6)29-15-13-27(14-16-29)26-39-33-40-30(38)25-31(41-33)43-23-21-42(22-24-43)20-17-32(46)47/h25,27-29H,7-24,26H2,1-6H3,(H,46,47)(H3,38,39,40,41)/t27-,29+. The number of carboxylic acids is 1. The lowest BCUT2D eigenvalue weighted by Crippen LogP contribution is -2.48. The summed E-state index contributed by atoms with van der Waals surface area (Å²) in [5.74, 6) is 1.29. The number of carbonyl (C=O) groups is 3. The van der Waals surface area contributed by atoms with E-state index in [1.54, 1.807) is 6.07 Å². The van der Waals surface area contributed by atoms with Crippen molar-refractivity contribution in [1.82, 2.24) is 24.7 Å². The third kappa shape index (κ3) is 13.5. The Morgan fingerprint density at radius 3 is 1.92 bits per heavy atom. The highest BCUT2D eigenvalue weighted by atomic mass is 16.6. The average molecular weight is 717 g/mol. The molecule has 0 unspecified atom stereocenters. The number of aliphatic carboxylic acids is 1. The van der Waals surface area contributed by atoms with Gasteiger partial charge in [-0.25, -0.2) is 9.59 Å². The van der Waals surface area contributed by atoms with Crippen molar-refractivity contribution in [3.8, 4) is 0 Å². The zero-order chi connectivity index (χ0) is 37.2. The fraction of sp³-hybridized carbons (Fsp3) is 0.811. The van der Waals surface area contributed by atoms with E-state index in [1.807, 2.05) is 51.3 Å². The van der Waals surface area contributed by atoms with Gasteiger partial charge in [0.05, 0.1) is 6.42 Å². The smallest absolute Gasteiger partial charge is 0.410 e. The van der Waals surface area contributed by atoms with Crippen LogP contribution in [0, 0.1) is 5.92 Å². The van der Waals surface area contributed by atoms with E-state index in [-0.39, 0.29) is 30.7 Å². The van der Waals surface area contributed by atoms with Crippen LogP contribution in [0.1, 0.15) is 112 Å². The second-order valence-corrected chi connectivity index (χ2v) is 16.5. The Morgan fingerprint density at radius 1 is 0.843 bits per heavy atom. The van der Waals surface area contributed by atoms with Gasteiger partial charge in [0, 0.05) is 70.5 Å². The lowest BCUT2D eigenvalue weighted by molar-refractivity contribution is -0.137. The molecule has 3 fully saturated rings. The number of nitrogen functional groups attached to an aromatic ring is 1. The van der Waals surface area contributed by atoms with Crippen molar-refractivity contribution >= 4 is 35.7 Å². The van der Waals surface area contributed by atoms with E-state index in [9.17, 15) is 14.4 Å². The third-order valence-corrected chi connectivity index (χ3v) is 9.95. The lowest BCUT2D eigenvalue weighted by Gasteiger charge is -2.39. The molecule has 0 spiro atoms. The first kappa shape index (κ1) is 40.2. The normalized spacial score (nSPS) is 20.8. The molecule has 14 heteroatoms. The second-order valence-electron chi connectivity index (χ2n) is 16.5. The molecule has 14 nitrogen and oxygen atoms in total. The Bertz CT molecular complexity index is 1280. The number of hydrogen-bond donors (Lipinski definition) is 3. The number of aromatic nitrogens is 2. The van der Waals surface area contributed by atoms with Crippen molar-refractivity contribution in [2.45, 2.75) is 135 Å². The van der Waals surface area contributed by atoms with Crippen molar-refractivity contribution in [2.75, 3.05) is 68.3 Å². The fourth-order valence-corrected chi connectivity index (χ4v) is 7.34. The quantitative estimate of drug-likeness (QED) is 0.224. The van der Waals surface area contributed by atoms with Gasteiger partial charge >= 0.3 is 18.2 Å². The van der Waals surface area contributed by atoms with Gasteiger partial charge in [-0.3, -0.25) is 9.69 Å². The number of carbonyl (C=O) groups excluding carboxylic acids is 2. The van der Waals surface area contributed by atoms with Gasteiger partial charge < -0.3 is 40.3 Å². The SMILES string of the molecule is CC(C)(C)OC(=O)N(CCCN(C(=O)OC(C)(C)C)[C@H]1CC[C@@H](CNc2nc(N)cc(N3CCN(CCC(=O)O)CC3)n2)CC1)C1CCCCC1. The summed E-state index contributed by atoms with van der Waals surface area (Å²) in [5.41, 5.74) is 5.01. The van der Waals surface area contributed by atoms with E-state index < -0.39 is 17.2 Å². The van der Waals surface area contributed by atoms with Crippen LogP contribution in [0.25, 0.3) is 0 Å². The zero-order valence-corrected chi connectivity index (χ0v) is 32.0. The minimum absolute atomic E-state index is 0.0603. The Kier molecular flexibility index (Phi) is 14.4. The predicted octanol–water partition coefficient (Wildman–Crippen LogP) is 5.82. The minimum Gasteiger partial charge on any atom is -0.481 e. The van der Waals surface area contributed by atoms with E-state index >= 15 is 0 Å². The van der Waals surface area contributed by atoms with Gasteiger partial charge in [0.2, 0.25) is 5.95 Å². The molecule has 1 aliphatic heterocycles. The fourth-order valence-electron chi connectivity index (χ4n) is 7.34. The summed E-state index contributed by atoms with van der Waals surface area (Å²) in [5, 5.41) is 12.4. The Labute approximate surface area is 304 Å². The molecule has 0 aromatic carbocycles. The summed E-state index contributed by atoms with van der Waals surface area (Å²) in [6.45, 7) is 16.7. The van der Waals surface area contributed by atoms with E-state index in [1.165, 1.54) is 6.42 Å². The average Bonchev–Trinajstić information content (AvgIpc) is 3.05. The van der Waals surface area contributed by atoms with Crippen molar-refractivity contribution in [3.63, 3.8) is 0 Å². The van der Waals surface area contributed by atoms with E-state index in [2.05, 4.69) is 20.1 Å². The number of nitrogens with one attached hydrogen (secondary N) is 1. The van der Waals surface area contributed by atoms with Crippen LogP contribution in [-0.2, 0) is 14.3 Å². The Balaban J connectivity index is 1.31. The van der Waals surface area contributed by atoms with Crippen LogP contribution >= 0.6 is 0 Å². The molecule has 2 aliphatic carbocycles. The maximum atomic E-state index is 13.5. The van der Waals surface area contributed by atoms with Crippen molar-refractivity contribution in [3.05, 3.63) is 6.07 Å². The number of carboxylic acid groups (broad SMARTS) is 1. The Morgan fingerprint density at radius 2 is 1.39 bits per heavy atom. The zero-order valence-electron chi connectivity index (χ0n) is 32.0. The first-order valence-corrected chi connectivity index (χ1v) is 19.1. The monoisotopic (exact) mass is 716 g/mol. The summed E-state index contributed by atoms with van der Waals surface area (Å²) in [7, 11) is 0. The lowest BCUT2D eigenvalue weighted by atomic mass is 9.85. The van der Waals surface area contributed by atoms with Gasteiger partial charge in [0.15, 0.2) is 0 Å². The second kappa shape index (κ2) is 18.3. The van der Waals surface area contributed by atoms with Crippen LogP contribution in [0.2, 0.25) is 0 Å². The summed E-state index contributed by atoms with van der Waals surface area (Å²) in [6.07, 6.45) is 9.25. The molecule has 1 aromatic rings. The number of hydrogen-bond acceptors (Lipinski definition) is 11. The number of rotatable bonds is 13. The number of nitrogens with zero attached hydrogens (tertiary/aromatic N) is 6. The van der Waals surface area contributed by atoms with E-state index in [0.717, 1.165) is 83.4 Å². The molecule has 4 N–H and O–H groups in total. The molecule has 288 valence electrons. The molecule has 2 saturated carbocycles. The highest BCUT2D eigenvalue weighted by Gasteiger charge is 2.34. The van der Waals surface area contributed by atoms with Gasteiger partial charge in [-0.15, -0.1) is 0 Å². The molecule has 0 bridgehead atoms. The molecule has 0 atom stereocenters. The number of anilines is 3. The minimum atomic E-state index is -0.779. The summed E-state index contributed by atoms with van der Waals surface area (Å²) >= 11 is 0. The molecule has 2 amide bonds. The van der Waals surface area contributed by atoms with Gasteiger partial charge in [-0.05, 0) is 92.4 Å². The first-order valence-electron chi connectivity index (χ1n) is 19.1.